The first-order chi connectivity index (χ1) is 53.6. The van der Waals surface area contributed by atoms with Crippen LogP contribution in [0.5, 0.6) is 0 Å². The van der Waals surface area contributed by atoms with Gasteiger partial charge in [-0.25, -0.2) is 38.5 Å². The van der Waals surface area contributed by atoms with Gasteiger partial charge in [-0.3, -0.25) is 56.2 Å². The van der Waals surface area contributed by atoms with E-state index in [2.05, 4.69) is 86.9 Å². The van der Waals surface area contributed by atoms with Crippen molar-refractivity contribution in [2.24, 2.45) is 21.7 Å². The smallest absolute Gasteiger partial charge is 0.274 e. The second kappa shape index (κ2) is 39.9. The summed E-state index contributed by atoms with van der Waals surface area (Å²) in [6, 6.07) is 7.74. The number of nitrogens with zero attached hydrogens (tertiary/aromatic N) is 8. The zero-order chi connectivity index (χ0) is 86.5. The van der Waals surface area contributed by atoms with Crippen molar-refractivity contribution < 1.29 is 161 Å². The van der Waals surface area contributed by atoms with Gasteiger partial charge < -0.3 is 138 Å². The minimum absolute atomic E-state index is 0.0110. The molecule has 0 aliphatic carbocycles. The maximum Gasteiger partial charge on any atom is 0.274 e. The number of aromatic nitrogens is 8. The summed E-state index contributed by atoms with van der Waals surface area (Å²) >= 11 is 0. The Bertz CT molecular complexity index is 4320. The number of fused-ring (bicyclic) bond motifs is 2. The highest BCUT2D eigenvalue weighted by Crippen LogP contribution is 2.58. The summed E-state index contributed by atoms with van der Waals surface area (Å²) < 4.78 is 123. The Morgan fingerprint density at radius 1 is 0.509 bits per heavy atom. The molecule has 2 aliphatic rings. The van der Waals surface area contributed by atoms with E-state index in [1.54, 1.807) is 27.7 Å². The Balaban J connectivity index is 0.732. The average Bonchev–Trinajstić information content (AvgIpc) is 1.62. The highest BCUT2D eigenvalue weighted by atomic mass is 31.3. The molecule has 2 fully saturated rings. The van der Waals surface area contributed by atoms with Crippen molar-refractivity contribution in [3.8, 4) is 0 Å². The molecule has 0 bridgehead atoms. The summed E-state index contributed by atoms with van der Waals surface area (Å²) in [7, 11) is -35.7. The van der Waals surface area contributed by atoms with E-state index in [0.717, 1.165) is 73.3 Å². The molecule has 4 amide bonds. The van der Waals surface area contributed by atoms with Gasteiger partial charge in [-0.15, -0.1) is 0 Å². The lowest BCUT2D eigenvalue weighted by atomic mass is 9.80. The number of ketones is 2. The molecule has 14 atom stereocenters. The van der Waals surface area contributed by atoms with Crippen LogP contribution in [0, 0.1) is 21.7 Å². The first-order valence-electron chi connectivity index (χ1n) is 35.4. The number of phosphoric ester groups is 6. The van der Waals surface area contributed by atoms with Crippen LogP contribution in [0.1, 0.15) is 130 Å². The number of benzene rings is 1. The fourth-order valence-corrected chi connectivity index (χ4v) is 17.4. The van der Waals surface area contributed by atoms with Gasteiger partial charge in [0.2, 0.25) is 23.6 Å². The van der Waals surface area contributed by atoms with Crippen LogP contribution in [0.4, 0.5) is 11.6 Å². The van der Waals surface area contributed by atoms with Crippen molar-refractivity contribution in [1.82, 2.24) is 60.3 Å². The molecular weight excluding hydrogens is 1670 g/mol. The van der Waals surface area contributed by atoms with Gasteiger partial charge in [0.1, 0.15) is 84.1 Å². The summed E-state index contributed by atoms with van der Waals surface area (Å²) in [5.74, 6) is -3.82. The van der Waals surface area contributed by atoms with Gasteiger partial charge >= 0.3 is 0 Å². The summed E-state index contributed by atoms with van der Waals surface area (Å²) in [6.45, 7) is 6.26. The number of aliphatic hydroxyl groups is 4. The number of hydrogen-bond acceptors (Lipinski definition) is 42. The SMILES string of the molecule is CC(C)(CCCc1ccccc1CCCC(C)(C)C(=O)CCNC(=O)CCNC(=O)C(O)C(C)(C)COP(=O)([O-])OP(=O)([O-])OCC1OC(n2cnc3c(N)ncnc32)C(O)C1OP(=O)([O-])[O-])C(=O)CCNC(=O)CCNC(=O)C(O)C(C)(C)COP(=O)([O-])OP(=O)([O-])OCC1OC(n2cnc3c(N)ncnc32)C(O)C1OP(=O)([O-])[O-]. The number of aliphatic hydroxyl groups excluding tert-OH is 4. The number of phosphoric acid groups is 6. The van der Waals surface area contributed by atoms with E-state index in [9.17, 15) is 116 Å². The van der Waals surface area contributed by atoms with Gasteiger partial charge in [-0.1, -0.05) is 79.7 Å². The lowest BCUT2D eigenvalue weighted by Gasteiger charge is -2.36. The minimum atomic E-state index is -6.00. The summed E-state index contributed by atoms with van der Waals surface area (Å²) in [5, 5.41) is 53.2. The van der Waals surface area contributed by atoms with Gasteiger partial charge in [0.25, 0.3) is 31.3 Å². The number of hydrogen-bond donors (Lipinski definition) is 10. The Morgan fingerprint density at radius 3 is 1.19 bits per heavy atom. The zero-order valence-corrected chi connectivity index (χ0v) is 68.9. The number of Topliss-reactive ketones (excluding diaryl/α,β-unsaturated/α-hetero) is 2. The minimum Gasteiger partial charge on any atom is -0.790 e. The molecule has 2 aliphatic heterocycles. The molecule has 2 saturated heterocycles. The fraction of sp³-hybridized carbons (Fsp3) is 0.645. The predicted octanol–water partition coefficient (Wildman–Crippen LogP) is -3.92. The summed E-state index contributed by atoms with van der Waals surface area (Å²) in [4.78, 5) is 198. The largest absolute Gasteiger partial charge is 0.790 e. The van der Waals surface area contributed by atoms with Crippen LogP contribution in [0.25, 0.3) is 22.3 Å². The Morgan fingerprint density at radius 2 is 0.845 bits per heavy atom. The molecule has 48 nitrogen and oxygen atoms in total. The summed E-state index contributed by atoms with van der Waals surface area (Å²) in [5.41, 5.74) is 8.40. The number of nitrogen functional groups attached to an aromatic ring is 2. The fourth-order valence-electron chi connectivity index (χ4n) is 11.9. The molecule has 5 aromatic rings. The molecule has 14 unspecified atom stereocenters. The monoisotopic (exact) mass is 1760 g/mol. The lowest BCUT2D eigenvalue weighted by Crippen LogP contribution is -2.46. The van der Waals surface area contributed by atoms with E-state index in [1.165, 1.54) is 0 Å². The van der Waals surface area contributed by atoms with Gasteiger partial charge in [0.05, 0.1) is 54.7 Å². The van der Waals surface area contributed by atoms with Gasteiger partial charge in [-0.05, 0) is 49.7 Å². The third-order valence-electron chi connectivity index (χ3n) is 18.6. The molecule has 4 aromatic heterocycles. The molecule has 6 heterocycles. The predicted molar refractivity (Wildman–Crippen MR) is 381 cm³/mol. The maximum absolute atomic E-state index is 13.4. The van der Waals surface area contributed by atoms with E-state index in [1.807, 2.05) is 24.3 Å². The number of rotatable bonds is 48. The van der Waals surface area contributed by atoms with Gasteiger partial charge in [0, 0.05) is 73.5 Å². The molecule has 0 spiro atoms. The number of ether oxygens (including phenoxy) is 2. The van der Waals surface area contributed by atoms with Crippen LogP contribution < -0.4 is 71.9 Å². The van der Waals surface area contributed by atoms with Crippen LogP contribution in [0.2, 0.25) is 0 Å². The second-order valence-electron chi connectivity index (χ2n) is 29.6. The van der Waals surface area contributed by atoms with Crippen LogP contribution in [-0.4, -0.2) is 196 Å². The normalized spacial score (nSPS) is 21.8. The van der Waals surface area contributed by atoms with Crippen LogP contribution in [-0.2, 0) is 114 Å². The number of amides is 4. The molecule has 54 heteroatoms. The molecule has 12 N–H and O–H groups in total. The zero-order valence-electron chi connectivity index (χ0n) is 63.6. The third kappa shape index (κ3) is 28.1. The molecule has 0 radical (unpaired) electrons. The quantitative estimate of drug-likeness (QED) is 0.0166. The number of nitrogens with two attached hydrogens (primary N) is 2. The van der Waals surface area contributed by atoms with Gasteiger partial charge in [0.15, 0.2) is 35.4 Å². The van der Waals surface area contributed by atoms with E-state index in [-0.39, 0.29) is 97.4 Å². The molecular formula is C62H90N14O34P6-8. The Kier molecular flexibility index (Phi) is 33.3. The van der Waals surface area contributed by atoms with E-state index in [0.29, 0.717) is 38.5 Å². The number of carbonyl (C=O) groups excluding carboxylic acids is 6. The number of aryl methyl sites for hydroxylation is 2. The lowest BCUT2D eigenvalue weighted by molar-refractivity contribution is -0.348. The number of nitrogens with one attached hydrogen (secondary N) is 4. The summed E-state index contributed by atoms with van der Waals surface area (Å²) in [6.07, 6.45) is -12.7. The molecule has 0 saturated carbocycles. The number of carbonyl (C=O) groups is 6. The second-order valence-corrected chi connectivity index (χ2v) is 37.7. The third-order valence-corrected chi connectivity index (χ3v) is 24.6. The van der Waals surface area contributed by atoms with Crippen LogP contribution in [0.3, 0.4) is 0 Å². The molecule has 7 rings (SSSR count). The Hall–Kier alpha value is -6.36. The van der Waals surface area contributed by atoms with Crippen molar-refractivity contribution in [1.29, 1.82) is 0 Å². The average molecular weight is 1760 g/mol. The van der Waals surface area contributed by atoms with E-state index in [4.69, 9.17) is 20.9 Å². The first kappa shape index (κ1) is 96.8. The highest BCUT2D eigenvalue weighted by Gasteiger charge is 2.50. The van der Waals surface area contributed by atoms with Crippen molar-refractivity contribution >= 4 is 116 Å². The van der Waals surface area contributed by atoms with Crippen molar-refractivity contribution in [3.63, 3.8) is 0 Å². The standard InChI is InChI=1S/C62H98N14O34P6/c1-59(2,39(77)17-23-65-41(79)19-25-67-55(85)49(83)61(5,6)29-103-115(97,98)109-113(93,94)101-27-37-47(107-111(87,88)89)45(81)57(105-37)75-33-73-43-51(63)69-31-71-53(43)75)21-11-15-35-13-9-10-14-36(35)16-12-22-60(3,4)40(78)18-24-66-42(80)20-26-68-56(86)50(84)62(7,8)30-104-116(99,100)110-114(95,96)102-28-38-48(108-112(90,91)92)46(82)58(106-38)76-34-74-44-52(64)70-32-72-54(44)76/h9-10,13-14,31-34,37-38,45-50,57-58,81-84H,11-12,15-30H2,1-8H3,(H,65,79)(H,66,80)(H,67,85)(H,68,86)(H,93,94)(H,95,96)(H,97,98)(H,99,100)(H2,63,69,71)(H2,64,70,72)(H2,87,88,89)(H2,90,91,92)/p-8. The van der Waals surface area contributed by atoms with Crippen LogP contribution >= 0.6 is 46.9 Å². The van der Waals surface area contributed by atoms with Crippen LogP contribution in [0.15, 0.2) is 49.6 Å². The highest BCUT2D eigenvalue weighted by molar-refractivity contribution is 7.60. The van der Waals surface area contributed by atoms with E-state index >= 15 is 0 Å². The van der Waals surface area contributed by atoms with Crippen molar-refractivity contribution in [2.75, 3.05) is 64.1 Å². The van der Waals surface area contributed by atoms with Crippen molar-refractivity contribution in [3.05, 3.63) is 60.7 Å². The van der Waals surface area contributed by atoms with Gasteiger partial charge in [-0.2, -0.15) is 0 Å². The molecule has 116 heavy (non-hydrogen) atoms. The molecule has 1 aromatic carbocycles. The number of imidazole rings is 2. The van der Waals surface area contributed by atoms with Crippen molar-refractivity contribution in [2.45, 2.75) is 181 Å². The maximum atomic E-state index is 13.4. The van der Waals surface area contributed by atoms with E-state index < -0.39 is 180 Å². The molecule has 650 valence electrons. The first-order valence-corrected chi connectivity index (χ1v) is 44.2. The Labute approximate surface area is 662 Å². The topological polar surface area (TPSA) is 750 Å². The number of anilines is 2.